The molecule has 0 radical (unpaired) electrons. The van der Waals surface area contributed by atoms with Gasteiger partial charge in [0, 0.05) is 12.2 Å². The third-order valence-corrected chi connectivity index (χ3v) is 4.82. The molecule has 2 aromatic carbocycles. The molecule has 2 aromatic rings. The fraction of sp³-hybridized carbons (Fsp3) is 0.294. The van der Waals surface area contributed by atoms with Crippen LogP contribution in [0.5, 0.6) is 5.75 Å². The van der Waals surface area contributed by atoms with Crippen molar-refractivity contribution in [2.24, 2.45) is 0 Å². The van der Waals surface area contributed by atoms with Crippen molar-refractivity contribution in [2.45, 2.75) is 24.7 Å². The topological polar surface area (TPSA) is 81.4 Å². The summed E-state index contributed by atoms with van der Waals surface area (Å²) in [5.41, 5.74) is 7.33. The van der Waals surface area contributed by atoms with E-state index in [1.54, 1.807) is 36.4 Å². The minimum Gasteiger partial charge on any atom is -0.494 e. The standard InChI is InChI=1S/C17H22N2O3S/c1-14-4-10-17(11-5-14)23(20,21)19-12-2-3-13-22-16-8-6-15(18)7-9-16/h4-11,19H,2-3,12-13,18H2,1H3. The van der Waals surface area contributed by atoms with Crippen LogP contribution < -0.4 is 15.2 Å². The second-order valence-electron chi connectivity index (χ2n) is 5.34. The van der Waals surface area contributed by atoms with Crippen molar-refractivity contribution in [3.8, 4) is 5.75 Å². The highest BCUT2D eigenvalue weighted by Gasteiger charge is 2.12. The fourth-order valence-corrected chi connectivity index (χ4v) is 3.06. The van der Waals surface area contributed by atoms with Gasteiger partial charge in [-0.15, -0.1) is 0 Å². The van der Waals surface area contributed by atoms with Gasteiger partial charge in [-0.1, -0.05) is 17.7 Å². The van der Waals surface area contributed by atoms with Gasteiger partial charge in [0.1, 0.15) is 5.75 Å². The largest absolute Gasteiger partial charge is 0.494 e. The number of ether oxygens (including phenoxy) is 1. The fourth-order valence-electron chi connectivity index (χ4n) is 1.99. The zero-order valence-electron chi connectivity index (χ0n) is 13.2. The van der Waals surface area contributed by atoms with Crippen LogP contribution in [0.2, 0.25) is 0 Å². The predicted molar refractivity (Wildman–Crippen MR) is 92.0 cm³/mol. The maximum Gasteiger partial charge on any atom is 0.240 e. The van der Waals surface area contributed by atoms with Crippen LogP contribution in [0.25, 0.3) is 0 Å². The molecule has 5 nitrogen and oxygen atoms in total. The van der Waals surface area contributed by atoms with Gasteiger partial charge in [-0.3, -0.25) is 0 Å². The first kappa shape index (κ1) is 17.3. The third kappa shape index (κ3) is 5.58. The van der Waals surface area contributed by atoms with Gasteiger partial charge in [0.15, 0.2) is 0 Å². The van der Waals surface area contributed by atoms with Crippen LogP contribution in [0.1, 0.15) is 18.4 Å². The molecule has 0 amide bonds. The molecule has 0 spiro atoms. The van der Waals surface area contributed by atoms with Crippen molar-refractivity contribution in [3.63, 3.8) is 0 Å². The van der Waals surface area contributed by atoms with E-state index in [1.807, 2.05) is 19.1 Å². The number of sulfonamides is 1. The summed E-state index contributed by atoms with van der Waals surface area (Å²) in [5, 5.41) is 0. The Morgan fingerprint density at radius 2 is 1.65 bits per heavy atom. The van der Waals surface area contributed by atoms with Crippen LogP contribution in [0, 0.1) is 6.92 Å². The SMILES string of the molecule is Cc1ccc(S(=O)(=O)NCCCCOc2ccc(N)cc2)cc1. The van der Waals surface area contributed by atoms with Crippen molar-refractivity contribution in [1.29, 1.82) is 0 Å². The highest BCUT2D eigenvalue weighted by molar-refractivity contribution is 7.89. The lowest BCUT2D eigenvalue weighted by Crippen LogP contribution is -2.25. The molecule has 0 fully saturated rings. The molecular formula is C17H22N2O3S. The molecule has 0 aliphatic carbocycles. The molecule has 0 aromatic heterocycles. The summed E-state index contributed by atoms with van der Waals surface area (Å²) in [4.78, 5) is 0.293. The van der Waals surface area contributed by atoms with E-state index in [0.29, 0.717) is 30.2 Å². The number of nitrogens with two attached hydrogens (primary N) is 1. The number of nitrogen functional groups attached to an aromatic ring is 1. The molecule has 0 unspecified atom stereocenters. The van der Waals surface area contributed by atoms with Crippen molar-refractivity contribution in [3.05, 3.63) is 54.1 Å². The number of hydrogen-bond acceptors (Lipinski definition) is 4. The summed E-state index contributed by atoms with van der Waals surface area (Å²) in [6.45, 7) is 2.85. The zero-order chi connectivity index (χ0) is 16.7. The van der Waals surface area contributed by atoms with Gasteiger partial charge in [-0.2, -0.15) is 0 Å². The average molecular weight is 334 g/mol. The van der Waals surface area contributed by atoms with Gasteiger partial charge in [0.2, 0.25) is 10.0 Å². The molecule has 3 N–H and O–H groups in total. The summed E-state index contributed by atoms with van der Waals surface area (Å²) in [7, 11) is -3.43. The van der Waals surface area contributed by atoms with Gasteiger partial charge in [-0.25, -0.2) is 13.1 Å². The van der Waals surface area contributed by atoms with Crippen LogP contribution in [0.3, 0.4) is 0 Å². The Hall–Kier alpha value is -2.05. The number of unbranched alkanes of at least 4 members (excludes halogenated alkanes) is 1. The molecule has 23 heavy (non-hydrogen) atoms. The lowest BCUT2D eigenvalue weighted by atomic mass is 10.2. The van der Waals surface area contributed by atoms with Crippen LogP contribution >= 0.6 is 0 Å². The van der Waals surface area contributed by atoms with Crippen LogP contribution in [0.4, 0.5) is 5.69 Å². The monoisotopic (exact) mass is 334 g/mol. The smallest absolute Gasteiger partial charge is 0.240 e. The maximum absolute atomic E-state index is 12.1. The van der Waals surface area contributed by atoms with Gasteiger partial charge in [0.25, 0.3) is 0 Å². The first-order chi connectivity index (χ1) is 11.0. The van der Waals surface area contributed by atoms with E-state index in [4.69, 9.17) is 10.5 Å². The molecule has 0 bridgehead atoms. The van der Waals surface area contributed by atoms with Gasteiger partial charge in [-0.05, 0) is 56.2 Å². The zero-order valence-corrected chi connectivity index (χ0v) is 14.0. The number of aryl methyl sites for hydroxylation is 1. The van der Waals surface area contributed by atoms with E-state index in [0.717, 1.165) is 17.7 Å². The average Bonchev–Trinajstić information content (AvgIpc) is 2.53. The molecule has 0 heterocycles. The first-order valence-corrected chi connectivity index (χ1v) is 9.00. The van der Waals surface area contributed by atoms with Crippen LogP contribution in [-0.2, 0) is 10.0 Å². The Morgan fingerprint density at radius 3 is 2.30 bits per heavy atom. The second kappa shape index (κ2) is 7.99. The highest BCUT2D eigenvalue weighted by Crippen LogP contribution is 2.13. The Bertz CT molecular complexity index is 711. The Labute approximate surface area is 137 Å². The molecule has 2 rings (SSSR count). The van der Waals surface area contributed by atoms with Crippen LogP contribution in [-0.4, -0.2) is 21.6 Å². The number of hydrogen-bond donors (Lipinski definition) is 2. The summed E-state index contributed by atoms with van der Waals surface area (Å²) in [5.74, 6) is 0.763. The summed E-state index contributed by atoms with van der Waals surface area (Å²) in [6.07, 6.45) is 1.47. The predicted octanol–water partition coefficient (Wildman–Crippen LogP) is 2.71. The molecule has 6 heteroatoms. The Balaban J connectivity index is 1.68. The van der Waals surface area contributed by atoms with Crippen molar-refractivity contribution < 1.29 is 13.2 Å². The van der Waals surface area contributed by atoms with E-state index < -0.39 is 10.0 Å². The first-order valence-electron chi connectivity index (χ1n) is 7.52. The van der Waals surface area contributed by atoms with Crippen molar-refractivity contribution in [2.75, 3.05) is 18.9 Å². The molecule has 0 aliphatic rings. The van der Waals surface area contributed by atoms with E-state index >= 15 is 0 Å². The number of anilines is 1. The maximum atomic E-state index is 12.1. The van der Waals surface area contributed by atoms with Crippen molar-refractivity contribution >= 4 is 15.7 Å². The summed E-state index contributed by atoms with van der Waals surface area (Å²) >= 11 is 0. The van der Waals surface area contributed by atoms with Crippen molar-refractivity contribution in [1.82, 2.24) is 4.72 Å². The minimum atomic E-state index is -3.43. The highest BCUT2D eigenvalue weighted by atomic mass is 32.2. The second-order valence-corrected chi connectivity index (χ2v) is 7.10. The van der Waals surface area contributed by atoms with E-state index in [-0.39, 0.29) is 0 Å². The lowest BCUT2D eigenvalue weighted by molar-refractivity contribution is 0.307. The van der Waals surface area contributed by atoms with Gasteiger partial charge in [0.05, 0.1) is 11.5 Å². The number of rotatable bonds is 8. The summed E-state index contributed by atoms with van der Waals surface area (Å²) in [6, 6.07) is 14.0. The molecule has 0 atom stereocenters. The number of nitrogens with one attached hydrogen (secondary N) is 1. The van der Waals surface area contributed by atoms with Gasteiger partial charge < -0.3 is 10.5 Å². The van der Waals surface area contributed by atoms with E-state index in [9.17, 15) is 8.42 Å². The lowest BCUT2D eigenvalue weighted by Gasteiger charge is -2.08. The summed E-state index contributed by atoms with van der Waals surface area (Å²) < 4.78 is 32.3. The molecule has 0 saturated carbocycles. The molecule has 0 aliphatic heterocycles. The van der Waals surface area contributed by atoms with E-state index in [2.05, 4.69) is 4.72 Å². The third-order valence-electron chi connectivity index (χ3n) is 3.34. The van der Waals surface area contributed by atoms with E-state index in [1.165, 1.54) is 0 Å². The molecule has 0 saturated heterocycles. The number of benzene rings is 2. The quantitative estimate of drug-likeness (QED) is 0.574. The minimum absolute atomic E-state index is 0.293. The van der Waals surface area contributed by atoms with Crippen LogP contribution in [0.15, 0.2) is 53.4 Å². The normalized spacial score (nSPS) is 11.3. The Kier molecular flexibility index (Phi) is 6.01. The van der Waals surface area contributed by atoms with Gasteiger partial charge >= 0.3 is 0 Å². The molecular weight excluding hydrogens is 312 g/mol. The Morgan fingerprint density at radius 1 is 1.00 bits per heavy atom. The molecule has 124 valence electrons.